The lowest BCUT2D eigenvalue weighted by Crippen LogP contribution is -2.50. The van der Waals surface area contributed by atoms with E-state index >= 15 is 0 Å². The van der Waals surface area contributed by atoms with E-state index in [-0.39, 0.29) is 12.5 Å². The maximum atomic E-state index is 12.5. The molecule has 4 rings (SSSR count). The molecule has 0 bridgehead atoms. The molecular formula is C20H19Cl2N3O2S. The van der Waals surface area contributed by atoms with Gasteiger partial charge in [0.2, 0.25) is 0 Å². The predicted molar refractivity (Wildman–Crippen MR) is 115 cm³/mol. The van der Waals surface area contributed by atoms with Crippen molar-refractivity contribution in [3.05, 3.63) is 52.0 Å². The van der Waals surface area contributed by atoms with E-state index in [4.69, 9.17) is 32.9 Å². The van der Waals surface area contributed by atoms with Crippen LogP contribution in [0.25, 0.3) is 10.2 Å². The number of halogens is 2. The van der Waals surface area contributed by atoms with Crippen LogP contribution in [0.3, 0.4) is 0 Å². The first-order valence-corrected chi connectivity index (χ1v) is 10.6. The SMILES string of the molecule is Cc1cccc2sc(N3CCN(C(=O)COc4ccc(Cl)cc4Cl)CC3)nc12. The number of carbonyl (C=O) groups is 1. The molecule has 1 aliphatic heterocycles. The molecule has 0 N–H and O–H groups in total. The predicted octanol–water partition coefficient (Wildman–Crippen LogP) is 4.64. The number of rotatable bonds is 4. The number of amides is 1. The summed E-state index contributed by atoms with van der Waals surface area (Å²) < 4.78 is 6.76. The second-order valence-electron chi connectivity index (χ2n) is 6.65. The highest BCUT2D eigenvalue weighted by Gasteiger charge is 2.23. The summed E-state index contributed by atoms with van der Waals surface area (Å²) in [5, 5.41) is 1.95. The van der Waals surface area contributed by atoms with Gasteiger partial charge in [-0.3, -0.25) is 4.79 Å². The van der Waals surface area contributed by atoms with Crippen LogP contribution in [0.2, 0.25) is 10.0 Å². The Morgan fingerprint density at radius 3 is 2.68 bits per heavy atom. The fraction of sp³-hybridized carbons (Fsp3) is 0.300. The van der Waals surface area contributed by atoms with Crippen molar-refractivity contribution in [3.8, 4) is 5.75 Å². The number of ether oxygens (including phenoxy) is 1. The zero-order chi connectivity index (χ0) is 19.7. The fourth-order valence-corrected chi connectivity index (χ4v) is 4.74. The number of fused-ring (bicyclic) bond motifs is 1. The van der Waals surface area contributed by atoms with Crippen molar-refractivity contribution in [2.45, 2.75) is 6.92 Å². The van der Waals surface area contributed by atoms with Crippen molar-refractivity contribution < 1.29 is 9.53 Å². The molecule has 0 unspecified atom stereocenters. The summed E-state index contributed by atoms with van der Waals surface area (Å²) in [6.45, 7) is 4.84. The monoisotopic (exact) mass is 435 g/mol. The summed E-state index contributed by atoms with van der Waals surface area (Å²) in [5.74, 6) is 0.411. The van der Waals surface area contributed by atoms with E-state index in [0.717, 1.165) is 23.7 Å². The summed E-state index contributed by atoms with van der Waals surface area (Å²) >= 11 is 13.7. The number of aryl methyl sites for hydroxylation is 1. The maximum absolute atomic E-state index is 12.5. The quantitative estimate of drug-likeness (QED) is 0.598. The average Bonchev–Trinajstić information content (AvgIpc) is 3.13. The smallest absolute Gasteiger partial charge is 0.260 e. The first kappa shape index (κ1) is 19.3. The molecule has 0 saturated carbocycles. The van der Waals surface area contributed by atoms with Gasteiger partial charge in [-0.15, -0.1) is 0 Å². The number of benzene rings is 2. The van der Waals surface area contributed by atoms with Crippen LogP contribution < -0.4 is 9.64 Å². The van der Waals surface area contributed by atoms with Crippen LogP contribution in [0, 0.1) is 6.92 Å². The number of hydrogen-bond acceptors (Lipinski definition) is 5. The minimum atomic E-state index is -0.0502. The Bertz CT molecular complexity index is 1020. The van der Waals surface area contributed by atoms with Gasteiger partial charge in [-0.2, -0.15) is 0 Å². The number of carbonyl (C=O) groups excluding carboxylic acids is 1. The highest BCUT2D eigenvalue weighted by Crippen LogP contribution is 2.31. The summed E-state index contributed by atoms with van der Waals surface area (Å²) in [6.07, 6.45) is 0. The average molecular weight is 436 g/mol. The van der Waals surface area contributed by atoms with E-state index in [1.54, 1.807) is 29.5 Å². The number of aromatic nitrogens is 1. The number of hydrogen-bond donors (Lipinski definition) is 0. The Balaban J connectivity index is 1.34. The summed E-state index contributed by atoms with van der Waals surface area (Å²) in [5.41, 5.74) is 2.25. The van der Waals surface area contributed by atoms with Gasteiger partial charge in [0.25, 0.3) is 5.91 Å². The van der Waals surface area contributed by atoms with Gasteiger partial charge in [0.1, 0.15) is 5.75 Å². The molecule has 8 heteroatoms. The second-order valence-corrected chi connectivity index (χ2v) is 8.50. The normalized spacial score (nSPS) is 14.5. The van der Waals surface area contributed by atoms with Crippen LogP contribution in [0.5, 0.6) is 5.75 Å². The van der Waals surface area contributed by atoms with E-state index < -0.39 is 0 Å². The minimum Gasteiger partial charge on any atom is -0.482 e. The van der Waals surface area contributed by atoms with Crippen molar-refractivity contribution in [1.82, 2.24) is 9.88 Å². The molecule has 1 aliphatic rings. The first-order valence-electron chi connectivity index (χ1n) is 8.98. The molecule has 146 valence electrons. The third-order valence-corrected chi connectivity index (χ3v) is 6.37. The van der Waals surface area contributed by atoms with Crippen LogP contribution >= 0.6 is 34.5 Å². The zero-order valence-corrected chi connectivity index (χ0v) is 17.7. The molecule has 0 atom stereocenters. The van der Waals surface area contributed by atoms with Crippen molar-refractivity contribution in [2.24, 2.45) is 0 Å². The second kappa shape index (κ2) is 8.15. The van der Waals surface area contributed by atoms with Crippen molar-refractivity contribution in [3.63, 3.8) is 0 Å². The van der Waals surface area contributed by atoms with E-state index in [0.29, 0.717) is 28.9 Å². The number of nitrogens with zero attached hydrogens (tertiary/aromatic N) is 3. The number of para-hydroxylation sites is 1. The molecule has 5 nitrogen and oxygen atoms in total. The Morgan fingerprint density at radius 1 is 1.18 bits per heavy atom. The van der Waals surface area contributed by atoms with E-state index in [9.17, 15) is 4.79 Å². The molecular weight excluding hydrogens is 417 g/mol. The van der Waals surface area contributed by atoms with Crippen molar-refractivity contribution >= 4 is 55.8 Å². The zero-order valence-electron chi connectivity index (χ0n) is 15.3. The molecule has 1 saturated heterocycles. The number of piperazine rings is 1. The summed E-state index contributed by atoms with van der Waals surface area (Å²) in [7, 11) is 0. The first-order chi connectivity index (χ1) is 13.5. The molecule has 28 heavy (non-hydrogen) atoms. The number of thiazole rings is 1. The lowest BCUT2D eigenvalue weighted by molar-refractivity contribution is -0.133. The molecule has 1 aromatic heterocycles. The van der Waals surface area contributed by atoms with Crippen LogP contribution in [0.4, 0.5) is 5.13 Å². The Kier molecular flexibility index (Phi) is 5.62. The van der Waals surface area contributed by atoms with Gasteiger partial charge in [0.15, 0.2) is 11.7 Å². The molecule has 2 aromatic carbocycles. The Morgan fingerprint density at radius 2 is 1.96 bits per heavy atom. The maximum Gasteiger partial charge on any atom is 0.260 e. The third kappa shape index (κ3) is 4.04. The van der Waals surface area contributed by atoms with Gasteiger partial charge >= 0.3 is 0 Å². The van der Waals surface area contributed by atoms with Crippen LogP contribution in [-0.2, 0) is 4.79 Å². The lowest BCUT2D eigenvalue weighted by Gasteiger charge is -2.34. The summed E-state index contributed by atoms with van der Waals surface area (Å²) in [4.78, 5) is 21.3. The van der Waals surface area contributed by atoms with E-state index in [1.807, 2.05) is 4.90 Å². The molecule has 1 fully saturated rings. The largest absolute Gasteiger partial charge is 0.482 e. The van der Waals surface area contributed by atoms with E-state index in [2.05, 4.69) is 30.0 Å². The highest BCUT2D eigenvalue weighted by molar-refractivity contribution is 7.22. The molecule has 0 radical (unpaired) electrons. The lowest BCUT2D eigenvalue weighted by atomic mass is 10.2. The van der Waals surface area contributed by atoms with Gasteiger partial charge in [-0.05, 0) is 36.8 Å². The summed E-state index contributed by atoms with van der Waals surface area (Å²) in [6, 6.07) is 11.2. The Labute approximate surface area is 177 Å². The van der Waals surface area contributed by atoms with Crippen LogP contribution in [0.1, 0.15) is 5.56 Å². The standard InChI is InChI=1S/C20H19Cl2N3O2S/c1-13-3-2-4-17-19(13)23-20(28-17)25-9-7-24(8-10-25)18(26)12-27-16-6-5-14(21)11-15(16)22/h2-6,11H,7-10,12H2,1H3. The van der Waals surface area contributed by atoms with Crippen molar-refractivity contribution in [2.75, 3.05) is 37.7 Å². The van der Waals surface area contributed by atoms with Gasteiger partial charge in [0, 0.05) is 31.2 Å². The highest BCUT2D eigenvalue weighted by atomic mass is 35.5. The minimum absolute atomic E-state index is 0.0400. The molecule has 1 amide bonds. The van der Waals surface area contributed by atoms with Gasteiger partial charge in [0.05, 0.1) is 15.2 Å². The number of anilines is 1. The van der Waals surface area contributed by atoms with Crippen molar-refractivity contribution in [1.29, 1.82) is 0 Å². The van der Waals surface area contributed by atoms with E-state index in [1.165, 1.54) is 10.3 Å². The molecule has 0 spiro atoms. The van der Waals surface area contributed by atoms with Crippen LogP contribution in [-0.4, -0.2) is 48.6 Å². The molecule has 0 aliphatic carbocycles. The van der Waals surface area contributed by atoms with Gasteiger partial charge in [-0.25, -0.2) is 4.98 Å². The van der Waals surface area contributed by atoms with Crippen LogP contribution in [0.15, 0.2) is 36.4 Å². The molecule has 3 aromatic rings. The third-order valence-electron chi connectivity index (χ3n) is 4.76. The topological polar surface area (TPSA) is 45.7 Å². The van der Waals surface area contributed by atoms with Gasteiger partial charge in [-0.1, -0.05) is 46.7 Å². The molecule has 2 heterocycles. The van der Waals surface area contributed by atoms with Gasteiger partial charge < -0.3 is 14.5 Å². The Hall–Kier alpha value is -2.02. The fourth-order valence-electron chi connectivity index (χ4n) is 3.18.